The lowest BCUT2D eigenvalue weighted by Gasteiger charge is -2.11. The van der Waals surface area contributed by atoms with Gasteiger partial charge in [-0.15, -0.1) is 0 Å². The first-order valence-electron chi connectivity index (χ1n) is 18.0. The summed E-state index contributed by atoms with van der Waals surface area (Å²) in [5.41, 5.74) is 10.6. The fourth-order valence-corrected chi connectivity index (χ4v) is 7.64. The number of aromatic nitrogens is 3. The zero-order valence-electron chi connectivity index (χ0n) is 28.9. The molecule has 0 saturated heterocycles. The van der Waals surface area contributed by atoms with E-state index in [0.717, 1.165) is 88.2 Å². The van der Waals surface area contributed by atoms with Gasteiger partial charge in [0.1, 0.15) is 22.3 Å². The van der Waals surface area contributed by atoms with E-state index in [9.17, 15) is 0 Å². The standard InChI is InChI=1S/C49H29N3O2/c1-2-10-30(11-3-1)33-12-8-13-36(26-33)48-50-47(51-49(52-48)40-16-9-19-44-46(40)39-15-5-7-18-43(39)53-44)32-22-20-31(21-23-32)34-24-25-35-28-41-38-14-4-6-17-42(38)54-45(41)29-37(35)27-34/h1-29H. The summed E-state index contributed by atoms with van der Waals surface area (Å²) in [6.07, 6.45) is 0. The van der Waals surface area contributed by atoms with Gasteiger partial charge in [-0.2, -0.15) is 0 Å². The van der Waals surface area contributed by atoms with Crippen LogP contribution in [0.25, 0.3) is 111 Å². The van der Waals surface area contributed by atoms with Gasteiger partial charge >= 0.3 is 0 Å². The monoisotopic (exact) mass is 691 g/mol. The molecule has 0 amide bonds. The average molecular weight is 692 g/mol. The molecule has 0 bridgehead atoms. The molecule has 5 nitrogen and oxygen atoms in total. The Labute approximate surface area is 309 Å². The van der Waals surface area contributed by atoms with Crippen LogP contribution in [0.3, 0.4) is 0 Å². The summed E-state index contributed by atoms with van der Waals surface area (Å²) >= 11 is 0. The molecule has 0 aliphatic rings. The van der Waals surface area contributed by atoms with Crippen molar-refractivity contribution in [2.24, 2.45) is 0 Å². The van der Waals surface area contributed by atoms with Gasteiger partial charge in [-0.25, -0.2) is 15.0 Å². The van der Waals surface area contributed by atoms with Crippen molar-refractivity contribution in [3.63, 3.8) is 0 Å². The van der Waals surface area contributed by atoms with E-state index in [1.165, 1.54) is 5.39 Å². The maximum Gasteiger partial charge on any atom is 0.164 e. The summed E-state index contributed by atoms with van der Waals surface area (Å²) in [6, 6.07) is 60.5. The Morgan fingerprint density at radius 3 is 1.72 bits per heavy atom. The highest BCUT2D eigenvalue weighted by Gasteiger charge is 2.18. The fraction of sp³-hybridized carbons (Fsp3) is 0. The topological polar surface area (TPSA) is 65.0 Å². The number of rotatable bonds is 5. The van der Waals surface area contributed by atoms with Crippen molar-refractivity contribution < 1.29 is 8.83 Å². The van der Waals surface area contributed by atoms with E-state index >= 15 is 0 Å². The minimum atomic E-state index is 0.591. The molecule has 0 spiro atoms. The Morgan fingerprint density at radius 1 is 0.296 bits per heavy atom. The third-order valence-corrected chi connectivity index (χ3v) is 10.3. The summed E-state index contributed by atoms with van der Waals surface area (Å²) in [7, 11) is 0. The number of nitrogens with zero attached hydrogens (tertiary/aromatic N) is 3. The van der Waals surface area contributed by atoms with Crippen molar-refractivity contribution >= 4 is 54.6 Å². The lowest BCUT2D eigenvalue weighted by atomic mass is 9.99. The molecule has 0 fully saturated rings. The molecule has 0 saturated carbocycles. The smallest absolute Gasteiger partial charge is 0.164 e. The van der Waals surface area contributed by atoms with E-state index in [1.54, 1.807) is 0 Å². The van der Waals surface area contributed by atoms with E-state index in [2.05, 4.69) is 127 Å². The summed E-state index contributed by atoms with van der Waals surface area (Å²) in [5.74, 6) is 1.79. The maximum atomic E-state index is 6.25. The molecule has 3 aromatic heterocycles. The van der Waals surface area contributed by atoms with Crippen LogP contribution in [-0.2, 0) is 0 Å². The molecule has 0 aliphatic heterocycles. The van der Waals surface area contributed by atoms with Gasteiger partial charge in [0, 0.05) is 38.2 Å². The van der Waals surface area contributed by atoms with E-state index in [-0.39, 0.29) is 0 Å². The largest absolute Gasteiger partial charge is 0.456 e. The quantitative estimate of drug-likeness (QED) is 0.180. The van der Waals surface area contributed by atoms with Crippen molar-refractivity contribution in [2.75, 3.05) is 0 Å². The molecule has 0 atom stereocenters. The van der Waals surface area contributed by atoms with Gasteiger partial charge in [-0.05, 0) is 75.5 Å². The van der Waals surface area contributed by atoms with Crippen molar-refractivity contribution in [3.8, 4) is 56.4 Å². The van der Waals surface area contributed by atoms with Gasteiger partial charge in [0.15, 0.2) is 17.5 Å². The van der Waals surface area contributed by atoms with Gasteiger partial charge < -0.3 is 8.83 Å². The van der Waals surface area contributed by atoms with E-state index < -0.39 is 0 Å². The summed E-state index contributed by atoms with van der Waals surface area (Å²) < 4.78 is 12.4. The molecule has 252 valence electrons. The fourth-order valence-electron chi connectivity index (χ4n) is 7.64. The van der Waals surface area contributed by atoms with Crippen molar-refractivity contribution in [1.29, 1.82) is 0 Å². The van der Waals surface area contributed by atoms with Crippen LogP contribution in [0.2, 0.25) is 0 Å². The molecule has 11 aromatic rings. The minimum absolute atomic E-state index is 0.591. The van der Waals surface area contributed by atoms with Gasteiger partial charge in [0.2, 0.25) is 0 Å². The first-order chi connectivity index (χ1) is 26.7. The lowest BCUT2D eigenvalue weighted by molar-refractivity contribution is 0.669. The van der Waals surface area contributed by atoms with Gasteiger partial charge in [-0.1, -0.05) is 133 Å². The molecular weight excluding hydrogens is 663 g/mol. The predicted octanol–water partition coefficient (Wildman–Crippen LogP) is 13.2. The molecule has 8 aromatic carbocycles. The Kier molecular flexibility index (Phi) is 6.79. The number of fused-ring (bicyclic) bond motifs is 7. The molecule has 54 heavy (non-hydrogen) atoms. The van der Waals surface area contributed by atoms with E-state index in [1.807, 2.05) is 48.5 Å². The zero-order chi connectivity index (χ0) is 35.6. The Hall–Kier alpha value is -7.37. The third-order valence-electron chi connectivity index (χ3n) is 10.3. The number of hydrogen-bond donors (Lipinski definition) is 0. The summed E-state index contributed by atoms with van der Waals surface area (Å²) in [4.78, 5) is 15.4. The van der Waals surface area contributed by atoms with Crippen LogP contribution < -0.4 is 0 Å². The van der Waals surface area contributed by atoms with E-state index in [0.29, 0.717) is 17.5 Å². The number of para-hydroxylation sites is 2. The van der Waals surface area contributed by atoms with Crippen LogP contribution in [0.4, 0.5) is 0 Å². The first-order valence-corrected chi connectivity index (χ1v) is 18.0. The third kappa shape index (κ3) is 5.06. The molecule has 0 aliphatic carbocycles. The first kappa shape index (κ1) is 30.3. The second-order valence-electron chi connectivity index (χ2n) is 13.6. The highest BCUT2D eigenvalue weighted by Crippen LogP contribution is 2.38. The van der Waals surface area contributed by atoms with Crippen molar-refractivity contribution in [3.05, 3.63) is 176 Å². The van der Waals surface area contributed by atoms with Crippen LogP contribution in [0.1, 0.15) is 0 Å². The Balaban J connectivity index is 1.03. The second kappa shape index (κ2) is 12.1. The number of hydrogen-bond acceptors (Lipinski definition) is 5. The summed E-state index contributed by atoms with van der Waals surface area (Å²) in [6.45, 7) is 0. The molecular formula is C49H29N3O2. The van der Waals surface area contributed by atoms with Gasteiger partial charge in [-0.3, -0.25) is 0 Å². The lowest BCUT2D eigenvalue weighted by Crippen LogP contribution is -2.00. The second-order valence-corrected chi connectivity index (χ2v) is 13.6. The van der Waals surface area contributed by atoms with Crippen LogP contribution in [-0.4, -0.2) is 15.0 Å². The van der Waals surface area contributed by atoms with Crippen molar-refractivity contribution in [1.82, 2.24) is 15.0 Å². The zero-order valence-corrected chi connectivity index (χ0v) is 28.9. The van der Waals surface area contributed by atoms with Crippen molar-refractivity contribution in [2.45, 2.75) is 0 Å². The highest BCUT2D eigenvalue weighted by molar-refractivity contribution is 6.12. The van der Waals surface area contributed by atoms with E-state index in [4.69, 9.17) is 23.8 Å². The van der Waals surface area contributed by atoms with Crippen LogP contribution in [0.15, 0.2) is 185 Å². The Morgan fingerprint density at radius 2 is 0.870 bits per heavy atom. The summed E-state index contributed by atoms with van der Waals surface area (Å²) in [5, 5.41) is 6.59. The van der Waals surface area contributed by atoms with Gasteiger partial charge in [0.25, 0.3) is 0 Å². The molecule has 5 heteroatoms. The van der Waals surface area contributed by atoms with Crippen LogP contribution in [0, 0.1) is 0 Å². The van der Waals surface area contributed by atoms with Crippen LogP contribution >= 0.6 is 0 Å². The predicted molar refractivity (Wildman–Crippen MR) is 219 cm³/mol. The number of benzene rings is 8. The SMILES string of the molecule is c1ccc(-c2cccc(-c3nc(-c4ccc(-c5ccc6cc7c(cc6c5)oc5ccccc57)cc4)nc(-c4cccc5oc6ccccc6c45)n3)c2)cc1. The average Bonchev–Trinajstić information content (AvgIpc) is 3.81. The minimum Gasteiger partial charge on any atom is -0.456 e. The molecule has 0 unspecified atom stereocenters. The molecule has 11 rings (SSSR count). The molecule has 0 radical (unpaired) electrons. The molecule has 3 heterocycles. The number of furan rings is 2. The van der Waals surface area contributed by atoms with Crippen LogP contribution in [0.5, 0.6) is 0 Å². The maximum absolute atomic E-state index is 6.25. The van der Waals surface area contributed by atoms with Gasteiger partial charge in [0.05, 0.1) is 0 Å². The Bertz CT molecular complexity index is 3210. The highest BCUT2D eigenvalue weighted by atomic mass is 16.3. The normalized spacial score (nSPS) is 11.7. The molecule has 0 N–H and O–H groups in total.